The normalized spacial score (nSPS) is 20.2. The monoisotopic (exact) mass is 353 g/mol. The number of unbranched alkanes of at least 4 members (excludes halogenated alkanes) is 5. The van der Waals surface area contributed by atoms with Crippen molar-refractivity contribution in [2.45, 2.75) is 77.6 Å². The summed E-state index contributed by atoms with van der Waals surface area (Å²) in [6, 6.07) is 9.44. The predicted molar refractivity (Wildman–Crippen MR) is 109 cm³/mol. The van der Waals surface area contributed by atoms with E-state index in [1.54, 1.807) is 12.1 Å². The van der Waals surface area contributed by atoms with Gasteiger partial charge >= 0.3 is 0 Å². The fourth-order valence-corrected chi connectivity index (χ4v) is 3.90. The molecule has 0 spiro atoms. The summed E-state index contributed by atoms with van der Waals surface area (Å²) in [4.78, 5) is 0. The molecule has 0 heterocycles. The third-order valence-corrected chi connectivity index (χ3v) is 5.60. The molecule has 0 saturated heterocycles. The highest BCUT2D eigenvalue weighted by Crippen LogP contribution is 2.32. The molecule has 0 unspecified atom stereocenters. The number of hydrogen-bond donors (Lipinski definition) is 0. The van der Waals surface area contributed by atoms with E-state index in [2.05, 4.69) is 25.1 Å². The number of allylic oxidation sites excluding steroid dienone is 1. The van der Waals surface area contributed by atoms with Crippen molar-refractivity contribution in [2.24, 2.45) is 11.8 Å². The van der Waals surface area contributed by atoms with Crippen LogP contribution in [0.2, 0.25) is 0 Å². The Balaban J connectivity index is 1.53. The topological polar surface area (TPSA) is 33.0 Å². The third-order valence-electron chi connectivity index (χ3n) is 5.60. The Kier molecular flexibility index (Phi) is 9.95. The maximum atomic E-state index is 8.79. The van der Waals surface area contributed by atoms with E-state index >= 15 is 0 Å². The number of rotatable bonds is 11. The molecule has 2 rings (SSSR count). The zero-order valence-corrected chi connectivity index (χ0v) is 16.5. The molecule has 1 aliphatic rings. The summed E-state index contributed by atoms with van der Waals surface area (Å²) in [6.07, 6.45) is 19.9. The van der Waals surface area contributed by atoms with Crippen LogP contribution in [0, 0.1) is 23.2 Å². The molecule has 2 heteroatoms. The van der Waals surface area contributed by atoms with Crippen LogP contribution in [0.15, 0.2) is 36.4 Å². The number of hydrogen-bond acceptors (Lipinski definition) is 2. The molecule has 0 aromatic heterocycles. The van der Waals surface area contributed by atoms with Crippen LogP contribution in [0.5, 0.6) is 5.75 Å². The summed E-state index contributed by atoms with van der Waals surface area (Å²) in [7, 11) is 0. The van der Waals surface area contributed by atoms with Crippen LogP contribution in [0.1, 0.15) is 83.1 Å². The second kappa shape index (κ2) is 12.6. The van der Waals surface area contributed by atoms with Gasteiger partial charge in [-0.05, 0) is 61.8 Å². The van der Waals surface area contributed by atoms with Gasteiger partial charge in [-0.3, -0.25) is 0 Å². The summed E-state index contributed by atoms with van der Waals surface area (Å²) < 4.78 is 5.71. The van der Waals surface area contributed by atoms with Gasteiger partial charge in [-0.1, -0.05) is 64.0 Å². The highest BCUT2D eigenvalue weighted by atomic mass is 16.5. The van der Waals surface area contributed by atoms with Crippen LogP contribution in [0.25, 0.3) is 0 Å². The van der Waals surface area contributed by atoms with E-state index in [4.69, 9.17) is 10.00 Å². The van der Waals surface area contributed by atoms with E-state index in [1.165, 1.54) is 70.6 Å². The summed E-state index contributed by atoms with van der Waals surface area (Å²) in [5, 5.41) is 8.79. The predicted octanol–water partition coefficient (Wildman–Crippen LogP) is 7.05. The molecule has 1 fully saturated rings. The van der Waals surface area contributed by atoms with Gasteiger partial charge in [0.05, 0.1) is 11.6 Å². The minimum atomic E-state index is 0.615. The fourth-order valence-electron chi connectivity index (χ4n) is 3.90. The smallest absolute Gasteiger partial charge is 0.119 e. The Labute approximate surface area is 160 Å². The summed E-state index contributed by atoms with van der Waals surface area (Å²) in [5.41, 5.74) is 0.672. The SMILES string of the molecule is CCCCCCCCC1CCC(/C=C/COc2ccc(C#N)cc2)CC1. The van der Waals surface area contributed by atoms with Crippen LogP contribution < -0.4 is 4.74 Å². The second-order valence-electron chi connectivity index (χ2n) is 7.71. The van der Waals surface area contributed by atoms with Gasteiger partial charge in [0.15, 0.2) is 0 Å². The van der Waals surface area contributed by atoms with Gasteiger partial charge in [-0.2, -0.15) is 5.26 Å². The molecule has 142 valence electrons. The third kappa shape index (κ3) is 8.09. The van der Waals surface area contributed by atoms with Gasteiger partial charge in [0.25, 0.3) is 0 Å². The van der Waals surface area contributed by atoms with E-state index < -0.39 is 0 Å². The first-order valence-electron chi connectivity index (χ1n) is 10.6. The molecule has 1 saturated carbocycles. The molecule has 1 aromatic carbocycles. The lowest BCUT2D eigenvalue weighted by Gasteiger charge is -2.26. The first-order chi connectivity index (χ1) is 12.8. The highest BCUT2D eigenvalue weighted by molar-refractivity contribution is 5.34. The minimum Gasteiger partial charge on any atom is -0.490 e. The van der Waals surface area contributed by atoms with Crippen molar-refractivity contribution in [2.75, 3.05) is 6.61 Å². The lowest BCUT2D eigenvalue weighted by Crippen LogP contribution is -2.13. The van der Waals surface area contributed by atoms with E-state index in [0.29, 0.717) is 12.2 Å². The highest BCUT2D eigenvalue weighted by Gasteiger charge is 2.18. The average Bonchev–Trinajstić information content (AvgIpc) is 2.69. The zero-order valence-electron chi connectivity index (χ0n) is 16.5. The van der Waals surface area contributed by atoms with Crippen LogP contribution in [-0.2, 0) is 0 Å². The Bertz CT molecular complexity index is 547. The average molecular weight is 354 g/mol. The zero-order chi connectivity index (χ0) is 18.5. The van der Waals surface area contributed by atoms with Crippen molar-refractivity contribution in [3.05, 3.63) is 42.0 Å². The van der Waals surface area contributed by atoms with E-state index in [0.717, 1.165) is 17.6 Å². The summed E-state index contributed by atoms with van der Waals surface area (Å²) in [5.74, 6) is 2.54. The molecule has 0 radical (unpaired) electrons. The van der Waals surface area contributed by atoms with Crippen LogP contribution in [0.3, 0.4) is 0 Å². The molecule has 1 aromatic rings. The largest absolute Gasteiger partial charge is 0.490 e. The standard InChI is InChI=1S/C24H35NO/c1-2-3-4-5-6-7-9-21-11-13-22(14-12-21)10-8-19-26-24-17-15-23(20-25)16-18-24/h8,10,15-18,21-22H,2-7,9,11-14,19H2,1H3/b10-8+. The summed E-state index contributed by atoms with van der Waals surface area (Å²) >= 11 is 0. The molecule has 0 N–H and O–H groups in total. The quantitative estimate of drug-likeness (QED) is 0.315. The van der Waals surface area contributed by atoms with Crippen molar-refractivity contribution in [1.29, 1.82) is 5.26 Å². The van der Waals surface area contributed by atoms with Crippen LogP contribution >= 0.6 is 0 Å². The molecule has 26 heavy (non-hydrogen) atoms. The molecule has 2 nitrogen and oxygen atoms in total. The number of benzene rings is 1. The fraction of sp³-hybridized carbons (Fsp3) is 0.625. The van der Waals surface area contributed by atoms with Crippen molar-refractivity contribution in [3.8, 4) is 11.8 Å². The van der Waals surface area contributed by atoms with E-state index in [9.17, 15) is 0 Å². The summed E-state index contributed by atoms with van der Waals surface area (Å²) in [6.45, 7) is 2.90. The van der Waals surface area contributed by atoms with E-state index in [-0.39, 0.29) is 0 Å². The number of ether oxygens (including phenoxy) is 1. The second-order valence-corrected chi connectivity index (χ2v) is 7.71. The number of nitriles is 1. The van der Waals surface area contributed by atoms with Gasteiger partial charge in [-0.25, -0.2) is 0 Å². The van der Waals surface area contributed by atoms with Crippen LogP contribution in [-0.4, -0.2) is 6.61 Å². The lowest BCUT2D eigenvalue weighted by atomic mass is 9.79. The van der Waals surface area contributed by atoms with Gasteiger partial charge in [0.2, 0.25) is 0 Å². The first kappa shape index (κ1) is 20.6. The van der Waals surface area contributed by atoms with Crippen LogP contribution in [0.4, 0.5) is 0 Å². The Morgan fingerprint density at radius 3 is 2.38 bits per heavy atom. The molecular formula is C24H35NO. The van der Waals surface area contributed by atoms with Gasteiger partial charge < -0.3 is 4.74 Å². The first-order valence-corrected chi connectivity index (χ1v) is 10.6. The molecule has 0 bridgehead atoms. The molecule has 0 atom stereocenters. The Morgan fingerprint density at radius 1 is 1.00 bits per heavy atom. The number of nitrogens with zero attached hydrogens (tertiary/aromatic N) is 1. The van der Waals surface area contributed by atoms with Crippen molar-refractivity contribution < 1.29 is 4.74 Å². The minimum absolute atomic E-state index is 0.615. The van der Waals surface area contributed by atoms with Gasteiger partial charge in [0, 0.05) is 0 Å². The molecule has 0 aliphatic heterocycles. The van der Waals surface area contributed by atoms with Crippen molar-refractivity contribution in [3.63, 3.8) is 0 Å². The Hall–Kier alpha value is -1.75. The maximum Gasteiger partial charge on any atom is 0.119 e. The molecule has 1 aliphatic carbocycles. The van der Waals surface area contributed by atoms with E-state index in [1.807, 2.05) is 12.1 Å². The van der Waals surface area contributed by atoms with Gasteiger partial charge in [0.1, 0.15) is 12.4 Å². The van der Waals surface area contributed by atoms with Gasteiger partial charge in [-0.15, -0.1) is 0 Å². The lowest BCUT2D eigenvalue weighted by molar-refractivity contribution is 0.287. The van der Waals surface area contributed by atoms with Crippen molar-refractivity contribution >= 4 is 0 Å². The Morgan fingerprint density at radius 2 is 1.69 bits per heavy atom. The van der Waals surface area contributed by atoms with Crippen molar-refractivity contribution in [1.82, 2.24) is 0 Å². The molecule has 0 amide bonds. The maximum absolute atomic E-state index is 8.79. The molecular weight excluding hydrogens is 318 g/mol.